The van der Waals surface area contributed by atoms with Crippen LogP contribution < -0.4 is 5.73 Å². The van der Waals surface area contributed by atoms with Crippen LogP contribution in [0.3, 0.4) is 0 Å². The summed E-state index contributed by atoms with van der Waals surface area (Å²) in [4.78, 5) is 2.76. The van der Waals surface area contributed by atoms with Crippen molar-refractivity contribution in [3.8, 4) is 0 Å². The molecule has 0 bridgehead atoms. The number of hydrogen-bond acceptors (Lipinski definition) is 2. The summed E-state index contributed by atoms with van der Waals surface area (Å²) in [6.07, 6.45) is 2.16. The predicted octanol–water partition coefficient (Wildman–Crippen LogP) is 2.72. The van der Waals surface area contributed by atoms with E-state index in [0.717, 1.165) is 12.8 Å². The lowest BCUT2D eigenvalue weighted by atomic mass is 10.2. The summed E-state index contributed by atoms with van der Waals surface area (Å²) >= 11 is 1.84. The fourth-order valence-electron chi connectivity index (χ4n) is 0.985. The molecular formula is C9H15NS. The smallest absolute Gasteiger partial charge is 0.0387 e. The van der Waals surface area contributed by atoms with Crippen LogP contribution in [0.1, 0.15) is 36.1 Å². The van der Waals surface area contributed by atoms with Gasteiger partial charge < -0.3 is 5.73 Å². The van der Waals surface area contributed by atoms with Crippen molar-refractivity contribution in [2.75, 3.05) is 0 Å². The molecule has 1 aromatic heterocycles. The second-order valence-electron chi connectivity index (χ2n) is 2.67. The van der Waals surface area contributed by atoms with Crippen LogP contribution >= 0.6 is 11.3 Å². The van der Waals surface area contributed by atoms with Crippen molar-refractivity contribution in [2.45, 2.75) is 32.7 Å². The quantitative estimate of drug-likeness (QED) is 0.739. The highest BCUT2D eigenvalue weighted by Gasteiger charge is 2.05. The molecule has 1 heterocycles. The van der Waals surface area contributed by atoms with Crippen LogP contribution in [-0.4, -0.2) is 0 Å². The van der Waals surface area contributed by atoms with Crippen molar-refractivity contribution in [1.82, 2.24) is 0 Å². The third kappa shape index (κ3) is 2.04. The van der Waals surface area contributed by atoms with Crippen LogP contribution in [0.25, 0.3) is 0 Å². The van der Waals surface area contributed by atoms with E-state index in [1.165, 1.54) is 9.75 Å². The first-order valence-corrected chi connectivity index (χ1v) is 4.93. The van der Waals surface area contributed by atoms with Crippen molar-refractivity contribution in [2.24, 2.45) is 5.73 Å². The molecule has 0 fully saturated rings. The van der Waals surface area contributed by atoms with Gasteiger partial charge in [-0.2, -0.15) is 0 Å². The summed E-state index contributed by atoms with van der Waals surface area (Å²) in [5.74, 6) is 0. The van der Waals surface area contributed by atoms with E-state index in [1.807, 2.05) is 11.3 Å². The maximum absolute atomic E-state index is 5.87. The largest absolute Gasteiger partial charge is 0.323 e. The van der Waals surface area contributed by atoms with E-state index in [4.69, 9.17) is 5.73 Å². The van der Waals surface area contributed by atoms with Gasteiger partial charge in [0.2, 0.25) is 0 Å². The van der Waals surface area contributed by atoms with E-state index < -0.39 is 0 Å². The molecule has 2 heteroatoms. The first kappa shape index (κ1) is 8.75. The monoisotopic (exact) mass is 169 g/mol. The Kier molecular flexibility index (Phi) is 3.09. The fourth-order valence-corrected chi connectivity index (χ4v) is 2.02. The van der Waals surface area contributed by atoms with Gasteiger partial charge in [0.05, 0.1) is 0 Å². The molecule has 0 amide bonds. The summed E-state index contributed by atoms with van der Waals surface area (Å²) in [7, 11) is 0. The van der Waals surface area contributed by atoms with Crippen molar-refractivity contribution < 1.29 is 0 Å². The molecule has 2 N–H and O–H groups in total. The molecule has 1 nitrogen and oxygen atoms in total. The summed E-state index contributed by atoms with van der Waals surface area (Å²) in [6.45, 7) is 4.29. The predicted molar refractivity (Wildman–Crippen MR) is 50.9 cm³/mol. The van der Waals surface area contributed by atoms with Gasteiger partial charge in [-0.3, -0.25) is 0 Å². The average molecular weight is 169 g/mol. The third-order valence-corrected chi connectivity index (χ3v) is 3.20. The van der Waals surface area contributed by atoms with Gasteiger partial charge in [-0.25, -0.2) is 0 Å². The van der Waals surface area contributed by atoms with E-state index in [-0.39, 0.29) is 6.04 Å². The molecule has 0 aliphatic carbocycles. The van der Waals surface area contributed by atoms with Crippen LogP contribution in [0, 0.1) is 0 Å². The molecule has 0 aromatic carbocycles. The van der Waals surface area contributed by atoms with E-state index in [0.29, 0.717) is 0 Å². The van der Waals surface area contributed by atoms with Crippen LogP contribution in [-0.2, 0) is 6.42 Å². The second kappa shape index (κ2) is 3.88. The summed E-state index contributed by atoms with van der Waals surface area (Å²) < 4.78 is 0. The van der Waals surface area contributed by atoms with E-state index in [1.54, 1.807) is 0 Å². The number of hydrogen-bond donors (Lipinski definition) is 1. The van der Waals surface area contributed by atoms with Crippen LogP contribution in [0.15, 0.2) is 12.1 Å². The zero-order valence-corrected chi connectivity index (χ0v) is 7.95. The number of rotatable bonds is 3. The fraction of sp³-hybridized carbons (Fsp3) is 0.556. The third-order valence-electron chi connectivity index (χ3n) is 1.84. The number of nitrogens with two attached hydrogens (primary N) is 1. The minimum absolute atomic E-state index is 0.250. The highest BCUT2D eigenvalue weighted by molar-refractivity contribution is 7.12. The standard InChI is InChI=1S/C9H15NS/c1-3-7-5-6-9(11-7)8(10)4-2/h5-6,8H,3-4,10H2,1-2H3/t8-/m1/s1. The Morgan fingerprint density at radius 2 is 2.18 bits per heavy atom. The Bertz CT molecular complexity index is 217. The lowest BCUT2D eigenvalue weighted by Crippen LogP contribution is -2.05. The molecule has 1 atom stereocenters. The maximum Gasteiger partial charge on any atom is 0.0387 e. The molecule has 1 aromatic rings. The summed E-state index contributed by atoms with van der Waals surface area (Å²) in [6, 6.07) is 4.58. The van der Waals surface area contributed by atoms with Crippen molar-refractivity contribution >= 4 is 11.3 Å². The second-order valence-corrected chi connectivity index (χ2v) is 3.87. The van der Waals surface area contributed by atoms with Gasteiger partial charge in [0, 0.05) is 15.8 Å². The average Bonchev–Trinajstić information content (AvgIpc) is 2.50. The highest BCUT2D eigenvalue weighted by Crippen LogP contribution is 2.23. The Morgan fingerprint density at radius 3 is 2.64 bits per heavy atom. The summed E-state index contributed by atoms with van der Waals surface area (Å²) in [5.41, 5.74) is 5.87. The summed E-state index contributed by atoms with van der Waals surface area (Å²) in [5, 5.41) is 0. The van der Waals surface area contributed by atoms with Crippen LogP contribution in [0.2, 0.25) is 0 Å². The molecule has 0 aliphatic heterocycles. The van der Waals surface area contributed by atoms with Gasteiger partial charge in [-0.15, -0.1) is 11.3 Å². The highest BCUT2D eigenvalue weighted by atomic mass is 32.1. The number of aryl methyl sites for hydroxylation is 1. The van der Waals surface area contributed by atoms with Gasteiger partial charge in [-0.1, -0.05) is 13.8 Å². The Balaban J connectivity index is 2.71. The van der Waals surface area contributed by atoms with E-state index >= 15 is 0 Å². The molecule has 0 saturated carbocycles. The molecule has 0 aliphatic rings. The van der Waals surface area contributed by atoms with E-state index in [2.05, 4.69) is 26.0 Å². The maximum atomic E-state index is 5.87. The van der Waals surface area contributed by atoms with Gasteiger partial charge in [0.15, 0.2) is 0 Å². The first-order chi connectivity index (χ1) is 5.27. The van der Waals surface area contributed by atoms with Crippen LogP contribution in [0.4, 0.5) is 0 Å². The molecule has 0 saturated heterocycles. The minimum atomic E-state index is 0.250. The lowest BCUT2D eigenvalue weighted by Gasteiger charge is -2.03. The first-order valence-electron chi connectivity index (χ1n) is 4.12. The lowest BCUT2D eigenvalue weighted by molar-refractivity contribution is 0.712. The topological polar surface area (TPSA) is 26.0 Å². The normalized spacial score (nSPS) is 13.4. The van der Waals surface area contributed by atoms with Gasteiger partial charge in [0.1, 0.15) is 0 Å². The minimum Gasteiger partial charge on any atom is -0.323 e. The Hall–Kier alpha value is -0.340. The van der Waals surface area contributed by atoms with Crippen molar-refractivity contribution in [3.05, 3.63) is 21.9 Å². The van der Waals surface area contributed by atoms with E-state index in [9.17, 15) is 0 Å². The zero-order chi connectivity index (χ0) is 8.27. The molecular weight excluding hydrogens is 154 g/mol. The molecule has 0 radical (unpaired) electrons. The Morgan fingerprint density at radius 1 is 1.45 bits per heavy atom. The van der Waals surface area contributed by atoms with Gasteiger partial charge in [-0.05, 0) is 25.0 Å². The van der Waals surface area contributed by atoms with Gasteiger partial charge in [0.25, 0.3) is 0 Å². The van der Waals surface area contributed by atoms with Gasteiger partial charge >= 0.3 is 0 Å². The van der Waals surface area contributed by atoms with Crippen LogP contribution in [0.5, 0.6) is 0 Å². The molecule has 11 heavy (non-hydrogen) atoms. The van der Waals surface area contributed by atoms with Crippen molar-refractivity contribution in [1.29, 1.82) is 0 Å². The molecule has 0 spiro atoms. The molecule has 0 unspecified atom stereocenters. The van der Waals surface area contributed by atoms with Crippen molar-refractivity contribution in [3.63, 3.8) is 0 Å². The molecule has 62 valence electrons. The molecule has 1 rings (SSSR count). The SMILES string of the molecule is CCc1ccc([C@H](N)CC)s1. The Labute approximate surface area is 72.2 Å². The zero-order valence-electron chi connectivity index (χ0n) is 7.13. The number of thiophene rings is 1.